The third-order valence-corrected chi connectivity index (χ3v) is 6.89. The maximum atomic E-state index is 12.8. The Morgan fingerprint density at radius 3 is 2.55 bits per heavy atom. The molecule has 1 saturated heterocycles. The Morgan fingerprint density at radius 2 is 1.93 bits per heavy atom. The predicted molar refractivity (Wildman–Crippen MR) is 107 cm³/mol. The van der Waals surface area contributed by atoms with Crippen molar-refractivity contribution in [3.63, 3.8) is 0 Å². The van der Waals surface area contributed by atoms with Gasteiger partial charge in [0.15, 0.2) is 5.03 Å². The summed E-state index contributed by atoms with van der Waals surface area (Å²) in [4.78, 5) is 16.6. The number of benzene rings is 1. The van der Waals surface area contributed by atoms with Crippen LogP contribution in [0.25, 0.3) is 0 Å². The number of esters is 1. The summed E-state index contributed by atoms with van der Waals surface area (Å²) in [5, 5.41) is 0.0473. The van der Waals surface area contributed by atoms with Gasteiger partial charge in [-0.2, -0.15) is 4.31 Å². The molecule has 1 aromatic heterocycles. The van der Waals surface area contributed by atoms with Gasteiger partial charge in [0.2, 0.25) is 0 Å². The molecule has 0 spiro atoms. The normalized spacial score (nSPS) is 16.0. The first-order valence-electron chi connectivity index (χ1n) is 9.70. The van der Waals surface area contributed by atoms with Crippen LogP contribution in [0, 0.1) is 12.8 Å². The fraction of sp³-hybridized carbons (Fsp3) is 0.500. The van der Waals surface area contributed by atoms with Gasteiger partial charge in [-0.3, -0.25) is 4.79 Å². The quantitative estimate of drug-likeness (QED) is 0.637. The molecule has 2 aromatic rings. The fourth-order valence-electron chi connectivity index (χ4n) is 3.30. The fourth-order valence-corrected chi connectivity index (χ4v) is 4.80. The van der Waals surface area contributed by atoms with E-state index in [0.717, 1.165) is 5.56 Å². The number of nitrogens with zero attached hydrogens (tertiary/aromatic N) is 3. The largest absolute Gasteiger partial charge is 0.493 e. The number of hydrogen-bond acceptors (Lipinski definition) is 6. The number of aryl methyl sites for hydroxylation is 2. The number of carbonyl (C=O) groups excluding carboxylic acids is 1. The number of aromatic nitrogens is 2. The van der Waals surface area contributed by atoms with E-state index in [-0.39, 0.29) is 36.6 Å². The van der Waals surface area contributed by atoms with E-state index in [2.05, 4.69) is 4.98 Å². The molecule has 158 valence electrons. The summed E-state index contributed by atoms with van der Waals surface area (Å²) in [5.41, 5.74) is 0.813. The molecule has 8 nitrogen and oxygen atoms in total. The summed E-state index contributed by atoms with van der Waals surface area (Å²) in [7, 11) is -1.89. The summed E-state index contributed by atoms with van der Waals surface area (Å²) in [5.74, 6) is 0.719. The van der Waals surface area contributed by atoms with Gasteiger partial charge in [-0.15, -0.1) is 0 Å². The van der Waals surface area contributed by atoms with Gasteiger partial charge >= 0.3 is 5.97 Å². The van der Waals surface area contributed by atoms with Gasteiger partial charge < -0.3 is 14.0 Å². The van der Waals surface area contributed by atoms with Crippen molar-refractivity contribution in [2.45, 2.75) is 38.3 Å². The van der Waals surface area contributed by atoms with Crippen LogP contribution in [0.1, 0.15) is 31.2 Å². The average Bonchev–Trinajstić information content (AvgIpc) is 3.07. The Bertz CT molecular complexity index is 943. The van der Waals surface area contributed by atoms with Crippen LogP contribution in [0.4, 0.5) is 0 Å². The Labute approximate surface area is 171 Å². The summed E-state index contributed by atoms with van der Waals surface area (Å²) < 4.78 is 39.6. The van der Waals surface area contributed by atoms with Crippen molar-refractivity contribution in [3.05, 3.63) is 41.9 Å². The lowest BCUT2D eigenvalue weighted by Gasteiger charge is -2.29. The van der Waals surface area contributed by atoms with E-state index in [1.54, 1.807) is 18.5 Å². The number of para-hydroxylation sites is 1. The van der Waals surface area contributed by atoms with E-state index in [0.29, 0.717) is 31.0 Å². The lowest BCUT2D eigenvalue weighted by molar-refractivity contribution is -0.151. The van der Waals surface area contributed by atoms with Crippen molar-refractivity contribution in [2.24, 2.45) is 13.0 Å². The number of carbonyl (C=O) groups is 1. The molecule has 29 heavy (non-hydrogen) atoms. The second kappa shape index (κ2) is 8.96. The molecule has 1 aliphatic heterocycles. The number of hydrogen-bond donors (Lipinski definition) is 0. The molecule has 1 aromatic carbocycles. The second-order valence-corrected chi connectivity index (χ2v) is 8.95. The van der Waals surface area contributed by atoms with E-state index >= 15 is 0 Å². The summed E-state index contributed by atoms with van der Waals surface area (Å²) >= 11 is 0. The molecule has 0 radical (unpaired) electrons. The van der Waals surface area contributed by atoms with Crippen LogP contribution in [-0.2, 0) is 33.2 Å². The van der Waals surface area contributed by atoms with Gasteiger partial charge in [-0.05, 0) is 32.8 Å². The third-order valence-electron chi connectivity index (χ3n) is 5.12. The van der Waals surface area contributed by atoms with Crippen molar-refractivity contribution >= 4 is 16.0 Å². The van der Waals surface area contributed by atoms with Crippen molar-refractivity contribution < 1.29 is 22.7 Å². The lowest BCUT2D eigenvalue weighted by atomic mass is 9.98. The van der Waals surface area contributed by atoms with Gasteiger partial charge in [-0.1, -0.05) is 18.2 Å². The van der Waals surface area contributed by atoms with Crippen LogP contribution >= 0.6 is 0 Å². The van der Waals surface area contributed by atoms with Crippen LogP contribution in [0.3, 0.4) is 0 Å². The van der Waals surface area contributed by atoms with E-state index < -0.39 is 10.0 Å². The molecule has 0 saturated carbocycles. The number of ether oxygens (including phenoxy) is 2. The van der Waals surface area contributed by atoms with E-state index in [9.17, 15) is 13.2 Å². The van der Waals surface area contributed by atoms with Gasteiger partial charge in [0.05, 0.1) is 12.5 Å². The molecule has 9 heteroatoms. The topological polar surface area (TPSA) is 90.7 Å². The minimum Gasteiger partial charge on any atom is -0.493 e. The summed E-state index contributed by atoms with van der Waals surface area (Å²) in [6, 6.07) is 7.45. The zero-order chi connectivity index (χ0) is 21.0. The lowest BCUT2D eigenvalue weighted by Crippen LogP contribution is -2.40. The van der Waals surface area contributed by atoms with Crippen LogP contribution in [0.5, 0.6) is 5.75 Å². The van der Waals surface area contributed by atoms with Gasteiger partial charge in [0, 0.05) is 31.9 Å². The molecule has 3 rings (SSSR count). The van der Waals surface area contributed by atoms with Crippen LogP contribution < -0.4 is 4.74 Å². The number of rotatable bonds is 7. The number of sulfonamides is 1. The van der Waals surface area contributed by atoms with Gasteiger partial charge in [0.25, 0.3) is 10.0 Å². The van der Waals surface area contributed by atoms with Gasteiger partial charge in [-0.25, -0.2) is 13.4 Å². The molecular weight excluding hydrogens is 394 g/mol. The highest BCUT2D eigenvalue weighted by atomic mass is 32.2. The van der Waals surface area contributed by atoms with Crippen LogP contribution in [0.15, 0.2) is 35.5 Å². The molecule has 0 amide bonds. The summed E-state index contributed by atoms with van der Waals surface area (Å²) in [6.07, 6.45) is 2.37. The average molecular weight is 422 g/mol. The first-order valence-corrected chi connectivity index (χ1v) is 11.1. The highest BCUT2D eigenvalue weighted by Gasteiger charge is 2.34. The van der Waals surface area contributed by atoms with Crippen molar-refractivity contribution in [1.82, 2.24) is 13.9 Å². The highest BCUT2D eigenvalue weighted by molar-refractivity contribution is 7.89. The molecule has 0 aliphatic carbocycles. The Balaban J connectivity index is 1.56. The molecule has 0 bridgehead atoms. The third kappa shape index (κ3) is 4.79. The molecule has 0 N–H and O–H groups in total. The minimum atomic E-state index is -3.65. The Kier molecular flexibility index (Phi) is 6.59. The molecule has 2 heterocycles. The maximum absolute atomic E-state index is 12.8. The molecular formula is C20H27N3O5S. The molecule has 1 fully saturated rings. The second-order valence-electron chi connectivity index (χ2n) is 7.06. The SMILES string of the molecule is CCOc1ccccc1COC(=O)C1CCN(S(=O)(=O)c2cn(C)c(C)n2)CC1. The van der Waals surface area contributed by atoms with Crippen molar-refractivity contribution in [2.75, 3.05) is 19.7 Å². The molecule has 0 atom stereocenters. The Hall–Kier alpha value is -2.39. The standard InChI is InChI=1S/C20H27N3O5S/c1-4-27-18-8-6-5-7-17(18)14-28-20(24)16-9-11-23(12-10-16)29(25,26)19-13-22(3)15(2)21-19/h5-8,13,16H,4,9-12,14H2,1-3H3. The zero-order valence-electron chi connectivity index (χ0n) is 17.0. The number of imidazole rings is 1. The summed E-state index contributed by atoms with van der Waals surface area (Å²) in [6.45, 7) is 4.87. The monoisotopic (exact) mass is 421 g/mol. The van der Waals surface area contributed by atoms with E-state index in [1.165, 1.54) is 10.5 Å². The van der Waals surface area contributed by atoms with E-state index in [4.69, 9.17) is 9.47 Å². The van der Waals surface area contributed by atoms with Crippen LogP contribution in [0.2, 0.25) is 0 Å². The predicted octanol–water partition coefficient (Wildman–Crippen LogP) is 2.27. The smallest absolute Gasteiger partial charge is 0.309 e. The molecule has 1 aliphatic rings. The maximum Gasteiger partial charge on any atom is 0.309 e. The molecule has 0 unspecified atom stereocenters. The van der Waals surface area contributed by atoms with E-state index in [1.807, 2.05) is 31.2 Å². The Morgan fingerprint density at radius 1 is 1.24 bits per heavy atom. The van der Waals surface area contributed by atoms with Gasteiger partial charge in [0.1, 0.15) is 18.2 Å². The zero-order valence-corrected chi connectivity index (χ0v) is 17.8. The first-order chi connectivity index (χ1) is 13.8. The van der Waals surface area contributed by atoms with Crippen molar-refractivity contribution in [3.8, 4) is 5.75 Å². The number of piperidine rings is 1. The van der Waals surface area contributed by atoms with Crippen molar-refractivity contribution in [1.29, 1.82) is 0 Å². The van der Waals surface area contributed by atoms with Crippen LogP contribution in [-0.4, -0.2) is 47.9 Å². The first kappa shape index (κ1) is 21.3. The minimum absolute atomic E-state index is 0.0473. The highest BCUT2D eigenvalue weighted by Crippen LogP contribution is 2.25.